The lowest BCUT2D eigenvalue weighted by molar-refractivity contribution is -0.0490. The van der Waals surface area contributed by atoms with Crippen molar-refractivity contribution in [2.45, 2.75) is 76.0 Å². The Labute approximate surface area is 179 Å². The number of hydrogen-bond acceptors (Lipinski definition) is 9. The van der Waals surface area contributed by atoms with Crippen LogP contribution in [0, 0.1) is 5.41 Å². The summed E-state index contributed by atoms with van der Waals surface area (Å²) >= 11 is 0. The monoisotopic (exact) mass is 459 g/mol. The molecular formula is C18H30N5O7P. The first-order valence-electron chi connectivity index (χ1n) is 10.1. The Morgan fingerprint density at radius 3 is 2.61 bits per heavy atom. The number of rotatable bonds is 8. The smallest absolute Gasteiger partial charge is 0.359 e. The van der Waals surface area contributed by atoms with Crippen molar-refractivity contribution in [3.8, 4) is 0 Å². The van der Waals surface area contributed by atoms with Crippen LogP contribution in [0.15, 0.2) is 12.7 Å². The van der Waals surface area contributed by atoms with Crippen LogP contribution in [0.5, 0.6) is 0 Å². The molecule has 0 aromatic carbocycles. The minimum atomic E-state index is -4.36. The number of aromatic nitrogens is 4. The summed E-state index contributed by atoms with van der Waals surface area (Å²) in [7, 11) is -2.70. The summed E-state index contributed by atoms with van der Waals surface area (Å²) in [6, 6.07) is 0. The van der Waals surface area contributed by atoms with E-state index in [0.29, 0.717) is 17.6 Å². The molecule has 3 unspecified atom stereocenters. The Morgan fingerprint density at radius 2 is 2.00 bits per heavy atom. The lowest BCUT2D eigenvalue weighted by Gasteiger charge is -2.31. The van der Waals surface area contributed by atoms with Crippen molar-refractivity contribution < 1.29 is 34.0 Å². The second-order valence-corrected chi connectivity index (χ2v) is 10.3. The lowest BCUT2D eigenvalue weighted by Crippen LogP contribution is -2.34. The van der Waals surface area contributed by atoms with Gasteiger partial charge in [0.25, 0.3) is 0 Å². The van der Waals surface area contributed by atoms with E-state index in [0.717, 1.165) is 0 Å². The summed E-state index contributed by atoms with van der Waals surface area (Å²) in [5, 5.41) is 37.5. The van der Waals surface area contributed by atoms with Gasteiger partial charge >= 0.3 is 7.60 Å². The van der Waals surface area contributed by atoms with Crippen molar-refractivity contribution in [1.29, 1.82) is 5.41 Å². The van der Waals surface area contributed by atoms with Gasteiger partial charge in [-0.1, -0.05) is 13.8 Å². The topological polar surface area (TPSA) is 176 Å². The number of fused-ring (bicyclic) bond motifs is 1. The van der Waals surface area contributed by atoms with Crippen LogP contribution in [0.1, 0.15) is 46.3 Å². The highest BCUT2D eigenvalue weighted by molar-refractivity contribution is 7.54. The summed E-state index contributed by atoms with van der Waals surface area (Å²) in [6.45, 7) is 4.55. The number of nitrogens with zero attached hydrogens (tertiary/aromatic N) is 4. The van der Waals surface area contributed by atoms with Crippen LogP contribution in [0.4, 0.5) is 0 Å². The molecule has 1 aliphatic heterocycles. The van der Waals surface area contributed by atoms with E-state index in [1.165, 1.54) is 28.7 Å². The molecule has 31 heavy (non-hydrogen) atoms. The minimum absolute atomic E-state index is 0.0221. The Kier molecular flexibility index (Phi) is 6.73. The maximum atomic E-state index is 12.5. The van der Waals surface area contributed by atoms with Crippen LogP contribution in [0.25, 0.3) is 11.2 Å². The second kappa shape index (κ2) is 8.70. The van der Waals surface area contributed by atoms with E-state index in [4.69, 9.17) is 14.7 Å². The molecule has 13 heteroatoms. The molecule has 174 valence electrons. The van der Waals surface area contributed by atoms with Gasteiger partial charge in [0.15, 0.2) is 22.7 Å². The molecule has 5 N–H and O–H groups in total. The van der Waals surface area contributed by atoms with E-state index in [2.05, 4.69) is 9.97 Å². The third-order valence-corrected chi connectivity index (χ3v) is 7.95. The molecule has 2 aromatic rings. The van der Waals surface area contributed by atoms with Gasteiger partial charge in [0.05, 0.1) is 24.9 Å². The standard InChI is InChI=1S/C18H30N5O7P/c1-5-10(30-31(27,28)18(3,26)6-2)7-11-13(24)14(25)17(29-11)23-9-20-12-15(19)22(4)8-21-16(12)23/h8-11,13-14,17,19,24-26H,5-7H2,1-4H3,(H,27,28)/t10?,11-,13-,14-,17-,18?/m1/s1. The van der Waals surface area contributed by atoms with Crippen LogP contribution in [-0.2, 0) is 20.9 Å². The summed E-state index contributed by atoms with van der Waals surface area (Å²) < 4.78 is 26.7. The molecule has 0 aliphatic carbocycles. The molecule has 1 aliphatic rings. The van der Waals surface area contributed by atoms with Crippen molar-refractivity contribution in [3.63, 3.8) is 0 Å². The number of aliphatic hydroxyl groups is 3. The molecular weight excluding hydrogens is 429 g/mol. The highest BCUT2D eigenvalue weighted by Crippen LogP contribution is 2.57. The fourth-order valence-electron chi connectivity index (χ4n) is 3.41. The molecule has 7 atom stereocenters. The third kappa shape index (κ3) is 4.34. The van der Waals surface area contributed by atoms with Crippen LogP contribution in [0.3, 0.4) is 0 Å². The fraction of sp³-hybridized carbons (Fsp3) is 0.722. The van der Waals surface area contributed by atoms with E-state index >= 15 is 0 Å². The van der Waals surface area contributed by atoms with Crippen molar-refractivity contribution >= 4 is 18.8 Å². The van der Waals surface area contributed by atoms with Gasteiger partial charge < -0.3 is 34.0 Å². The predicted molar refractivity (Wildman–Crippen MR) is 109 cm³/mol. The third-order valence-electron chi connectivity index (χ3n) is 5.83. The van der Waals surface area contributed by atoms with Crippen LogP contribution in [-0.4, -0.2) is 69.1 Å². The number of aryl methyl sites for hydroxylation is 1. The average molecular weight is 459 g/mol. The number of aliphatic hydroxyl groups excluding tert-OH is 2. The van der Waals surface area contributed by atoms with Gasteiger partial charge in [-0.2, -0.15) is 0 Å². The molecule has 1 saturated heterocycles. The zero-order chi connectivity index (χ0) is 23.1. The van der Waals surface area contributed by atoms with Crippen LogP contribution >= 0.6 is 7.60 Å². The molecule has 3 rings (SSSR count). The first-order valence-corrected chi connectivity index (χ1v) is 11.7. The summed E-state index contributed by atoms with van der Waals surface area (Å²) in [4.78, 5) is 18.6. The summed E-state index contributed by atoms with van der Waals surface area (Å²) in [5.74, 6) is 0. The Morgan fingerprint density at radius 1 is 1.32 bits per heavy atom. The highest BCUT2D eigenvalue weighted by Gasteiger charge is 2.47. The van der Waals surface area contributed by atoms with Crippen LogP contribution in [0.2, 0.25) is 0 Å². The van der Waals surface area contributed by atoms with E-state index in [1.54, 1.807) is 20.9 Å². The van der Waals surface area contributed by atoms with Crippen LogP contribution < -0.4 is 5.49 Å². The summed E-state index contributed by atoms with van der Waals surface area (Å²) in [5.41, 5.74) is 0.771. The molecule has 3 heterocycles. The maximum Gasteiger partial charge on any atom is 0.359 e. The van der Waals surface area contributed by atoms with E-state index in [-0.39, 0.29) is 18.3 Å². The van der Waals surface area contributed by atoms with E-state index < -0.39 is 43.6 Å². The minimum Gasteiger partial charge on any atom is -0.388 e. The molecule has 1 fully saturated rings. The van der Waals surface area contributed by atoms with Crippen molar-refractivity contribution in [2.75, 3.05) is 0 Å². The molecule has 0 saturated carbocycles. The van der Waals surface area contributed by atoms with Gasteiger partial charge in [0.2, 0.25) is 0 Å². The Hall–Kier alpha value is -1.66. The Bertz CT molecular complexity index is 1040. The lowest BCUT2D eigenvalue weighted by atomic mass is 10.0. The molecule has 0 spiro atoms. The van der Waals surface area contributed by atoms with Gasteiger partial charge in [0.1, 0.15) is 17.7 Å². The van der Waals surface area contributed by atoms with E-state index in [9.17, 15) is 24.8 Å². The van der Waals surface area contributed by atoms with Crippen molar-refractivity contribution in [2.24, 2.45) is 7.05 Å². The first kappa shape index (κ1) is 24.0. The highest BCUT2D eigenvalue weighted by atomic mass is 31.2. The predicted octanol–water partition coefficient (Wildman–Crippen LogP) is 0.358. The van der Waals surface area contributed by atoms with Gasteiger partial charge in [0, 0.05) is 13.5 Å². The van der Waals surface area contributed by atoms with Crippen molar-refractivity contribution in [3.05, 3.63) is 18.1 Å². The quantitative estimate of drug-likeness (QED) is 0.349. The summed E-state index contributed by atoms with van der Waals surface area (Å²) in [6.07, 6.45) is -2.12. The largest absolute Gasteiger partial charge is 0.388 e. The average Bonchev–Trinajstić information content (AvgIpc) is 3.26. The number of ether oxygens (including phenoxy) is 1. The molecule has 2 aromatic heterocycles. The van der Waals surface area contributed by atoms with Gasteiger partial charge in [-0.15, -0.1) is 0 Å². The Balaban J connectivity index is 1.80. The molecule has 0 bridgehead atoms. The fourth-order valence-corrected chi connectivity index (χ4v) is 4.68. The normalized spacial score (nSPS) is 29.0. The number of nitrogens with one attached hydrogen (secondary N) is 1. The molecule has 12 nitrogen and oxygen atoms in total. The van der Waals surface area contributed by atoms with Gasteiger partial charge in [-0.25, -0.2) is 9.97 Å². The van der Waals surface area contributed by atoms with Gasteiger partial charge in [-0.3, -0.25) is 14.5 Å². The SMILES string of the molecule is CCC(C[C@H]1O[C@@H](n2cnc3c(=N)n(C)cnc32)[C@H](O)[C@@H]1O)OP(=O)(O)C(C)(O)CC. The number of hydrogen-bond donors (Lipinski definition) is 5. The second-order valence-electron chi connectivity index (χ2n) is 8.04. The van der Waals surface area contributed by atoms with Gasteiger partial charge in [-0.05, 0) is 19.8 Å². The zero-order valence-corrected chi connectivity index (χ0v) is 18.8. The first-order chi connectivity index (χ1) is 14.4. The zero-order valence-electron chi connectivity index (χ0n) is 17.9. The van der Waals surface area contributed by atoms with E-state index in [1.807, 2.05) is 0 Å². The number of imidazole rings is 1. The maximum absolute atomic E-state index is 12.5. The van der Waals surface area contributed by atoms with Crippen molar-refractivity contribution in [1.82, 2.24) is 19.1 Å². The molecule has 0 amide bonds. The molecule has 0 radical (unpaired) electrons.